The molecule has 160 valence electrons. The number of carbonyl (C=O) groups is 1. The molecule has 9 heteroatoms. The molecule has 31 heavy (non-hydrogen) atoms. The highest BCUT2D eigenvalue weighted by Gasteiger charge is 2.27. The number of fused-ring (bicyclic) bond motifs is 1. The molecule has 0 fully saturated rings. The fourth-order valence-corrected chi connectivity index (χ4v) is 5.32. The quantitative estimate of drug-likeness (QED) is 0.437. The SMILES string of the molecule is Cc1ccc(S(=O)(=O)N(CC(=O)NCc2nc3ccccc3s2)Cc2ccco2)cc1. The molecule has 0 saturated carbocycles. The van der Waals surface area contributed by atoms with Gasteiger partial charge in [0, 0.05) is 0 Å². The van der Waals surface area contributed by atoms with Gasteiger partial charge in [0.1, 0.15) is 10.8 Å². The van der Waals surface area contributed by atoms with Crippen LogP contribution < -0.4 is 5.32 Å². The minimum atomic E-state index is -3.89. The first-order chi connectivity index (χ1) is 14.9. The van der Waals surface area contributed by atoms with Crippen LogP contribution in [-0.4, -0.2) is 30.2 Å². The Labute approximate surface area is 184 Å². The number of hydrogen-bond donors (Lipinski definition) is 1. The maximum absolute atomic E-state index is 13.2. The third-order valence-electron chi connectivity index (χ3n) is 4.67. The van der Waals surface area contributed by atoms with E-state index in [0.29, 0.717) is 5.76 Å². The van der Waals surface area contributed by atoms with Crippen molar-refractivity contribution in [2.24, 2.45) is 0 Å². The van der Waals surface area contributed by atoms with Crippen molar-refractivity contribution in [2.45, 2.75) is 24.9 Å². The minimum Gasteiger partial charge on any atom is -0.468 e. The maximum Gasteiger partial charge on any atom is 0.243 e. The van der Waals surface area contributed by atoms with Crippen molar-refractivity contribution in [1.82, 2.24) is 14.6 Å². The predicted molar refractivity (Wildman–Crippen MR) is 119 cm³/mol. The number of benzene rings is 2. The Kier molecular flexibility index (Phi) is 6.17. The number of thiazole rings is 1. The lowest BCUT2D eigenvalue weighted by atomic mass is 10.2. The zero-order chi connectivity index (χ0) is 21.8. The van der Waals surface area contributed by atoms with Crippen molar-refractivity contribution in [1.29, 1.82) is 0 Å². The maximum atomic E-state index is 13.2. The Hall–Kier alpha value is -3.01. The highest BCUT2D eigenvalue weighted by molar-refractivity contribution is 7.89. The van der Waals surface area contributed by atoms with Crippen LogP contribution >= 0.6 is 11.3 Å². The molecule has 7 nitrogen and oxygen atoms in total. The van der Waals surface area contributed by atoms with Crippen LogP contribution in [0.3, 0.4) is 0 Å². The second kappa shape index (κ2) is 9.01. The molecule has 0 radical (unpaired) electrons. The zero-order valence-electron chi connectivity index (χ0n) is 16.8. The molecule has 1 N–H and O–H groups in total. The summed E-state index contributed by atoms with van der Waals surface area (Å²) in [7, 11) is -3.89. The van der Waals surface area contributed by atoms with Crippen molar-refractivity contribution in [3.8, 4) is 0 Å². The van der Waals surface area contributed by atoms with Gasteiger partial charge < -0.3 is 9.73 Å². The summed E-state index contributed by atoms with van der Waals surface area (Å²) in [4.78, 5) is 17.2. The van der Waals surface area contributed by atoms with Crippen molar-refractivity contribution in [3.05, 3.63) is 83.3 Å². The fraction of sp³-hybridized carbons (Fsp3) is 0.182. The number of para-hydroxylation sites is 1. The number of aryl methyl sites for hydroxylation is 1. The van der Waals surface area contributed by atoms with Gasteiger partial charge >= 0.3 is 0 Å². The minimum absolute atomic E-state index is 0.0439. The number of nitrogens with one attached hydrogen (secondary N) is 1. The third-order valence-corrected chi connectivity index (χ3v) is 7.51. The number of furan rings is 1. The number of rotatable bonds is 8. The number of amides is 1. The molecule has 0 aliphatic heterocycles. The lowest BCUT2D eigenvalue weighted by Crippen LogP contribution is -2.40. The van der Waals surface area contributed by atoms with E-state index in [4.69, 9.17) is 4.42 Å². The Morgan fingerprint density at radius 3 is 2.58 bits per heavy atom. The topological polar surface area (TPSA) is 92.5 Å². The van der Waals surface area contributed by atoms with Gasteiger partial charge in [0.2, 0.25) is 15.9 Å². The van der Waals surface area contributed by atoms with Crippen LogP contribution in [0.15, 0.2) is 76.2 Å². The van der Waals surface area contributed by atoms with Crippen molar-refractivity contribution in [3.63, 3.8) is 0 Å². The van der Waals surface area contributed by atoms with Crippen LogP contribution in [0.5, 0.6) is 0 Å². The Balaban J connectivity index is 1.49. The van der Waals surface area contributed by atoms with E-state index < -0.39 is 15.9 Å². The summed E-state index contributed by atoms with van der Waals surface area (Å²) in [6.45, 7) is 1.74. The molecule has 2 aromatic carbocycles. The Bertz CT molecular complexity index is 1250. The van der Waals surface area contributed by atoms with Crippen LogP contribution in [0.1, 0.15) is 16.3 Å². The summed E-state index contributed by atoms with van der Waals surface area (Å²) in [5.41, 5.74) is 1.82. The largest absolute Gasteiger partial charge is 0.468 e. The zero-order valence-corrected chi connectivity index (χ0v) is 18.4. The van der Waals surface area contributed by atoms with Crippen molar-refractivity contribution < 1.29 is 17.6 Å². The molecular formula is C22H21N3O4S2. The second-order valence-corrected chi connectivity index (χ2v) is 10.1. The summed E-state index contributed by atoms with van der Waals surface area (Å²) in [6, 6.07) is 17.6. The number of sulfonamides is 1. The third kappa shape index (κ3) is 5.01. The molecule has 2 heterocycles. The first kappa shape index (κ1) is 21.2. The number of nitrogens with zero attached hydrogens (tertiary/aromatic N) is 2. The van der Waals surface area contributed by atoms with Crippen molar-refractivity contribution in [2.75, 3.05) is 6.54 Å². The summed E-state index contributed by atoms with van der Waals surface area (Å²) in [5, 5.41) is 3.53. The second-order valence-electron chi connectivity index (χ2n) is 7.02. The Morgan fingerprint density at radius 1 is 1.10 bits per heavy atom. The molecule has 2 aromatic heterocycles. The predicted octanol–water partition coefficient (Wildman–Crippen LogP) is 3.71. The summed E-state index contributed by atoms with van der Waals surface area (Å²) >= 11 is 1.49. The van der Waals surface area contributed by atoms with Gasteiger partial charge in [-0.05, 0) is 43.3 Å². The molecule has 0 bridgehead atoms. The van der Waals surface area contributed by atoms with Gasteiger partial charge in [0.05, 0.1) is 41.0 Å². The van der Waals surface area contributed by atoms with E-state index in [1.54, 1.807) is 36.4 Å². The van der Waals surface area contributed by atoms with E-state index in [0.717, 1.165) is 25.1 Å². The number of carbonyl (C=O) groups excluding carboxylic acids is 1. The van der Waals surface area contributed by atoms with E-state index in [1.807, 2.05) is 31.2 Å². The smallest absolute Gasteiger partial charge is 0.243 e. The van der Waals surface area contributed by atoms with Crippen molar-refractivity contribution >= 4 is 37.5 Å². The van der Waals surface area contributed by atoms with Gasteiger partial charge in [-0.25, -0.2) is 13.4 Å². The molecule has 0 unspecified atom stereocenters. The van der Waals surface area contributed by atoms with E-state index in [-0.39, 0.29) is 24.5 Å². The number of hydrogen-bond acceptors (Lipinski definition) is 6. The summed E-state index contributed by atoms with van der Waals surface area (Å²) < 4.78 is 33.8. The highest BCUT2D eigenvalue weighted by atomic mass is 32.2. The lowest BCUT2D eigenvalue weighted by molar-refractivity contribution is -0.121. The van der Waals surface area contributed by atoms with E-state index in [9.17, 15) is 13.2 Å². The van der Waals surface area contributed by atoms with E-state index >= 15 is 0 Å². The molecule has 0 aliphatic carbocycles. The molecule has 1 amide bonds. The van der Waals surface area contributed by atoms with Gasteiger partial charge in [-0.1, -0.05) is 29.8 Å². The molecule has 4 aromatic rings. The molecule has 4 rings (SSSR count). The summed E-state index contributed by atoms with van der Waals surface area (Å²) in [6.07, 6.45) is 1.47. The average Bonchev–Trinajstić information content (AvgIpc) is 3.41. The van der Waals surface area contributed by atoms with Gasteiger partial charge in [0.25, 0.3) is 0 Å². The van der Waals surface area contributed by atoms with Crippen LogP contribution in [0.25, 0.3) is 10.2 Å². The monoisotopic (exact) mass is 455 g/mol. The average molecular weight is 456 g/mol. The van der Waals surface area contributed by atoms with Crippen LogP contribution in [-0.2, 0) is 27.9 Å². The summed E-state index contributed by atoms with van der Waals surface area (Å²) in [5.74, 6) is 0.0381. The number of aromatic nitrogens is 1. The van der Waals surface area contributed by atoms with Crippen LogP contribution in [0.4, 0.5) is 0 Å². The standard InChI is InChI=1S/C22H21N3O4S2/c1-16-8-10-18(11-9-16)31(27,28)25(14-17-5-4-12-29-17)15-21(26)23-13-22-24-19-6-2-3-7-20(19)30-22/h2-12H,13-15H2,1H3,(H,23,26). The van der Waals surface area contributed by atoms with E-state index in [1.165, 1.54) is 17.6 Å². The Morgan fingerprint density at radius 2 is 1.87 bits per heavy atom. The molecular weight excluding hydrogens is 434 g/mol. The fourth-order valence-electron chi connectivity index (χ4n) is 3.05. The lowest BCUT2D eigenvalue weighted by Gasteiger charge is -2.21. The first-order valence-corrected chi connectivity index (χ1v) is 11.9. The van der Waals surface area contributed by atoms with Crippen LogP contribution in [0.2, 0.25) is 0 Å². The molecule has 0 saturated heterocycles. The van der Waals surface area contributed by atoms with Gasteiger partial charge in [0.15, 0.2) is 0 Å². The van der Waals surface area contributed by atoms with Gasteiger partial charge in [-0.15, -0.1) is 11.3 Å². The molecule has 0 atom stereocenters. The normalized spacial score (nSPS) is 11.8. The molecule has 0 spiro atoms. The van der Waals surface area contributed by atoms with Crippen LogP contribution in [0, 0.1) is 6.92 Å². The van der Waals surface area contributed by atoms with Gasteiger partial charge in [-0.2, -0.15) is 4.31 Å². The molecule has 0 aliphatic rings. The highest BCUT2D eigenvalue weighted by Crippen LogP contribution is 2.22. The van der Waals surface area contributed by atoms with E-state index in [2.05, 4.69) is 10.3 Å². The first-order valence-electron chi connectivity index (χ1n) is 9.62. The van der Waals surface area contributed by atoms with Gasteiger partial charge in [-0.3, -0.25) is 4.79 Å².